The van der Waals surface area contributed by atoms with Crippen LogP contribution in [0.2, 0.25) is 0 Å². The molecule has 0 radical (unpaired) electrons. The average Bonchev–Trinajstić information content (AvgIpc) is 2.29. The van der Waals surface area contributed by atoms with Gasteiger partial charge in [-0.25, -0.2) is 0 Å². The Bertz CT molecular complexity index is 146. The summed E-state index contributed by atoms with van der Waals surface area (Å²) in [5, 5.41) is 0. The van der Waals surface area contributed by atoms with Gasteiger partial charge in [0.2, 0.25) is 0 Å². The van der Waals surface area contributed by atoms with Crippen LogP contribution in [0.5, 0.6) is 0 Å². The van der Waals surface area contributed by atoms with E-state index in [-0.39, 0.29) is 0 Å². The fourth-order valence-corrected chi connectivity index (χ4v) is 3.05. The highest BCUT2D eigenvalue weighted by molar-refractivity contribution is 4.99. The molecule has 0 amide bonds. The van der Waals surface area contributed by atoms with E-state index in [0.29, 0.717) is 0 Å². The van der Waals surface area contributed by atoms with Crippen molar-refractivity contribution in [3.05, 3.63) is 0 Å². The van der Waals surface area contributed by atoms with Crippen molar-refractivity contribution in [2.24, 2.45) is 10.8 Å². The SMILES string of the molecule is CCC1(C)CCC2(CCC2)C1. The Morgan fingerprint density at radius 1 is 1.09 bits per heavy atom. The summed E-state index contributed by atoms with van der Waals surface area (Å²) in [7, 11) is 0. The Balaban J connectivity index is 2.02. The molecular formula is C11H20. The molecular weight excluding hydrogens is 132 g/mol. The minimum absolute atomic E-state index is 0.723. The third-order valence-corrected chi connectivity index (χ3v) is 4.33. The van der Waals surface area contributed by atoms with Crippen molar-refractivity contribution in [1.29, 1.82) is 0 Å². The molecule has 64 valence electrons. The van der Waals surface area contributed by atoms with Crippen molar-refractivity contribution in [2.75, 3.05) is 0 Å². The molecule has 0 aromatic rings. The fourth-order valence-electron chi connectivity index (χ4n) is 3.05. The zero-order valence-corrected chi connectivity index (χ0v) is 7.95. The summed E-state index contributed by atoms with van der Waals surface area (Å²) in [4.78, 5) is 0. The van der Waals surface area contributed by atoms with Gasteiger partial charge in [0.05, 0.1) is 0 Å². The summed E-state index contributed by atoms with van der Waals surface area (Å²) in [6.07, 6.45) is 10.6. The molecule has 1 atom stereocenters. The molecule has 0 saturated heterocycles. The average molecular weight is 152 g/mol. The van der Waals surface area contributed by atoms with Crippen molar-refractivity contribution in [3.63, 3.8) is 0 Å². The number of hydrogen-bond acceptors (Lipinski definition) is 0. The minimum atomic E-state index is 0.723. The summed E-state index contributed by atoms with van der Waals surface area (Å²) in [5.74, 6) is 0. The summed E-state index contributed by atoms with van der Waals surface area (Å²) < 4.78 is 0. The summed E-state index contributed by atoms with van der Waals surface area (Å²) in [6.45, 7) is 4.84. The first-order valence-electron chi connectivity index (χ1n) is 5.18. The van der Waals surface area contributed by atoms with Crippen LogP contribution in [-0.2, 0) is 0 Å². The van der Waals surface area contributed by atoms with Crippen molar-refractivity contribution >= 4 is 0 Å². The third kappa shape index (κ3) is 1.11. The highest BCUT2D eigenvalue weighted by Gasteiger charge is 2.47. The van der Waals surface area contributed by atoms with E-state index in [2.05, 4.69) is 13.8 Å². The second-order valence-electron chi connectivity index (χ2n) is 5.19. The van der Waals surface area contributed by atoms with E-state index in [4.69, 9.17) is 0 Å². The van der Waals surface area contributed by atoms with Gasteiger partial charge < -0.3 is 0 Å². The van der Waals surface area contributed by atoms with Crippen molar-refractivity contribution < 1.29 is 0 Å². The van der Waals surface area contributed by atoms with Crippen molar-refractivity contribution in [3.8, 4) is 0 Å². The van der Waals surface area contributed by atoms with Crippen LogP contribution >= 0.6 is 0 Å². The van der Waals surface area contributed by atoms with E-state index in [0.717, 1.165) is 10.8 Å². The first-order valence-corrected chi connectivity index (χ1v) is 5.18. The molecule has 2 aliphatic carbocycles. The molecule has 0 nitrogen and oxygen atoms in total. The van der Waals surface area contributed by atoms with Gasteiger partial charge in [0.25, 0.3) is 0 Å². The highest BCUT2D eigenvalue weighted by Crippen LogP contribution is 2.60. The standard InChI is InChI=1S/C11H20/c1-3-10(2)7-8-11(9-10)5-4-6-11/h3-9H2,1-2H3. The van der Waals surface area contributed by atoms with E-state index in [1.54, 1.807) is 12.8 Å². The van der Waals surface area contributed by atoms with Crippen LogP contribution in [0.4, 0.5) is 0 Å². The monoisotopic (exact) mass is 152 g/mol. The number of hydrogen-bond donors (Lipinski definition) is 0. The molecule has 2 saturated carbocycles. The molecule has 0 aliphatic heterocycles. The molecule has 0 N–H and O–H groups in total. The van der Waals surface area contributed by atoms with Gasteiger partial charge >= 0.3 is 0 Å². The molecule has 11 heavy (non-hydrogen) atoms. The molecule has 1 unspecified atom stereocenters. The molecule has 0 heteroatoms. The van der Waals surface area contributed by atoms with Crippen LogP contribution in [0.3, 0.4) is 0 Å². The van der Waals surface area contributed by atoms with Gasteiger partial charge in [0.15, 0.2) is 0 Å². The molecule has 0 bridgehead atoms. The summed E-state index contributed by atoms with van der Waals surface area (Å²) in [6, 6.07) is 0. The first-order chi connectivity index (χ1) is 5.18. The highest BCUT2D eigenvalue weighted by atomic mass is 14.5. The Hall–Kier alpha value is 0. The number of rotatable bonds is 1. The van der Waals surface area contributed by atoms with Crippen LogP contribution in [0.15, 0.2) is 0 Å². The molecule has 1 spiro atoms. The lowest BCUT2D eigenvalue weighted by Gasteiger charge is -2.40. The van der Waals surface area contributed by atoms with E-state index in [1.165, 1.54) is 32.1 Å². The van der Waals surface area contributed by atoms with Gasteiger partial charge in [0, 0.05) is 0 Å². The molecule has 0 heterocycles. The minimum Gasteiger partial charge on any atom is -0.0649 e. The normalized spacial score (nSPS) is 40.9. The lowest BCUT2D eigenvalue weighted by atomic mass is 9.66. The second kappa shape index (κ2) is 2.24. The smallest absolute Gasteiger partial charge is 0.0292 e. The lowest BCUT2D eigenvalue weighted by Crippen LogP contribution is -2.27. The van der Waals surface area contributed by atoms with Gasteiger partial charge in [-0.15, -0.1) is 0 Å². The predicted octanol–water partition coefficient (Wildman–Crippen LogP) is 3.76. The summed E-state index contributed by atoms with van der Waals surface area (Å²) >= 11 is 0. The Kier molecular flexibility index (Phi) is 1.56. The largest absolute Gasteiger partial charge is 0.0649 e. The van der Waals surface area contributed by atoms with Crippen LogP contribution in [0.25, 0.3) is 0 Å². The quantitative estimate of drug-likeness (QED) is 0.536. The molecule has 0 aromatic carbocycles. The lowest BCUT2D eigenvalue weighted by molar-refractivity contribution is 0.120. The van der Waals surface area contributed by atoms with Gasteiger partial charge in [-0.3, -0.25) is 0 Å². The summed E-state index contributed by atoms with van der Waals surface area (Å²) in [5.41, 5.74) is 1.57. The van der Waals surface area contributed by atoms with Gasteiger partial charge in [-0.1, -0.05) is 26.7 Å². The Labute approximate surface area is 70.4 Å². The molecule has 2 fully saturated rings. The first kappa shape index (κ1) is 7.64. The van der Waals surface area contributed by atoms with E-state index in [9.17, 15) is 0 Å². The van der Waals surface area contributed by atoms with Crippen molar-refractivity contribution in [1.82, 2.24) is 0 Å². The maximum absolute atomic E-state index is 2.49. The zero-order valence-electron chi connectivity index (χ0n) is 7.95. The fraction of sp³-hybridized carbons (Fsp3) is 1.00. The second-order valence-corrected chi connectivity index (χ2v) is 5.19. The Morgan fingerprint density at radius 3 is 2.09 bits per heavy atom. The van der Waals surface area contributed by atoms with Gasteiger partial charge in [-0.2, -0.15) is 0 Å². The van der Waals surface area contributed by atoms with Crippen molar-refractivity contribution in [2.45, 2.75) is 58.8 Å². The van der Waals surface area contributed by atoms with Gasteiger partial charge in [0.1, 0.15) is 0 Å². The van der Waals surface area contributed by atoms with Crippen LogP contribution in [-0.4, -0.2) is 0 Å². The third-order valence-electron chi connectivity index (χ3n) is 4.33. The van der Waals surface area contributed by atoms with Gasteiger partial charge in [-0.05, 0) is 42.9 Å². The molecule has 0 aromatic heterocycles. The topological polar surface area (TPSA) is 0 Å². The van der Waals surface area contributed by atoms with Crippen LogP contribution in [0.1, 0.15) is 58.8 Å². The Morgan fingerprint density at radius 2 is 1.82 bits per heavy atom. The van der Waals surface area contributed by atoms with E-state index >= 15 is 0 Å². The maximum Gasteiger partial charge on any atom is -0.0292 e. The van der Waals surface area contributed by atoms with E-state index < -0.39 is 0 Å². The zero-order chi connectivity index (χ0) is 7.95. The maximum atomic E-state index is 2.49. The van der Waals surface area contributed by atoms with Crippen LogP contribution < -0.4 is 0 Å². The molecule has 2 aliphatic rings. The van der Waals surface area contributed by atoms with Crippen LogP contribution in [0, 0.1) is 10.8 Å². The van der Waals surface area contributed by atoms with E-state index in [1.807, 2.05) is 0 Å². The molecule has 2 rings (SSSR count). The predicted molar refractivity (Wildman–Crippen MR) is 48.5 cm³/mol.